The second-order valence-electron chi connectivity index (χ2n) is 10.9. The number of fused-ring (bicyclic) bond motifs is 1. The quantitative estimate of drug-likeness (QED) is 0.351. The fourth-order valence-corrected chi connectivity index (χ4v) is 6.73. The van der Waals surface area contributed by atoms with Crippen molar-refractivity contribution in [3.05, 3.63) is 60.2 Å². The van der Waals surface area contributed by atoms with Gasteiger partial charge in [0.05, 0.1) is 37.2 Å². The molecule has 5 rings (SSSR count). The van der Waals surface area contributed by atoms with E-state index in [1.54, 1.807) is 24.3 Å². The molecule has 2 aromatic carbocycles. The molecule has 2 aromatic rings. The second kappa shape index (κ2) is 12.0. The first-order chi connectivity index (χ1) is 19.4. The number of amides is 3. The largest absolute Gasteiger partial charge is 0.494 e. The molecule has 1 spiro atoms. The number of nitrogens with zero attached hydrogens (tertiary/aromatic N) is 1. The first-order valence-electron chi connectivity index (χ1n) is 14.4. The number of carbonyl (C=O) groups excluding carboxylic acids is 3. The van der Waals surface area contributed by atoms with E-state index in [4.69, 9.17) is 9.47 Å². The zero-order chi connectivity index (χ0) is 28.3. The van der Waals surface area contributed by atoms with Crippen LogP contribution in [0.2, 0.25) is 0 Å². The molecule has 9 heteroatoms. The van der Waals surface area contributed by atoms with Crippen LogP contribution in [0.4, 0.5) is 5.69 Å². The number of carbonyl (C=O) groups is 3. The van der Waals surface area contributed by atoms with Gasteiger partial charge >= 0.3 is 0 Å². The summed E-state index contributed by atoms with van der Waals surface area (Å²) >= 11 is 0. The van der Waals surface area contributed by atoms with Crippen LogP contribution in [0.3, 0.4) is 0 Å². The summed E-state index contributed by atoms with van der Waals surface area (Å²) in [6.07, 6.45) is 2.75. The van der Waals surface area contributed by atoms with Gasteiger partial charge in [-0.1, -0.05) is 43.7 Å². The van der Waals surface area contributed by atoms with E-state index >= 15 is 0 Å². The van der Waals surface area contributed by atoms with Crippen LogP contribution in [0.1, 0.15) is 45.1 Å². The molecular formula is C31H39N3O6. The molecule has 3 fully saturated rings. The van der Waals surface area contributed by atoms with Gasteiger partial charge in [-0.2, -0.15) is 0 Å². The van der Waals surface area contributed by atoms with Crippen LogP contribution in [0.5, 0.6) is 5.75 Å². The highest BCUT2D eigenvalue weighted by Gasteiger charge is 2.75. The number of unbranched alkanes of at least 4 members (excludes halogenated alkanes) is 1. The maximum Gasteiger partial charge on any atom is 0.245 e. The summed E-state index contributed by atoms with van der Waals surface area (Å²) in [7, 11) is 0. The van der Waals surface area contributed by atoms with E-state index in [9.17, 15) is 19.5 Å². The van der Waals surface area contributed by atoms with Crippen LogP contribution in [0.25, 0.3) is 0 Å². The first kappa shape index (κ1) is 28.1. The fourth-order valence-electron chi connectivity index (χ4n) is 6.73. The molecule has 0 saturated carbocycles. The number of aliphatic hydroxyl groups excluding tert-OH is 1. The molecule has 3 amide bonds. The third-order valence-corrected chi connectivity index (χ3v) is 8.47. The molecule has 6 atom stereocenters. The average molecular weight is 550 g/mol. The lowest BCUT2D eigenvalue weighted by Gasteiger charge is -2.36. The number of anilines is 1. The van der Waals surface area contributed by atoms with Crippen LogP contribution in [-0.4, -0.2) is 71.3 Å². The maximum atomic E-state index is 14.2. The van der Waals surface area contributed by atoms with E-state index in [0.29, 0.717) is 43.9 Å². The van der Waals surface area contributed by atoms with Crippen molar-refractivity contribution < 1.29 is 29.0 Å². The van der Waals surface area contributed by atoms with Gasteiger partial charge in [0.1, 0.15) is 17.4 Å². The van der Waals surface area contributed by atoms with E-state index in [1.165, 1.54) is 4.90 Å². The number of likely N-dealkylation sites (tertiary alicyclic amines) is 1. The smallest absolute Gasteiger partial charge is 0.245 e. The Bertz CT molecular complexity index is 1210. The summed E-state index contributed by atoms with van der Waals surface area (Å²) in [6, 6.07) is 15.1. The average Bonchev–Trinajstić information content (AvgIpc) is 3.61. The molecule has 0 aromatic heterocycles. The SMILES string of the molecule is CCCCNC(=O)C1N([C@@H](CO)Cc2ccccc2)C(=O)[C@@H]2[C@H](C(=O)Nc3ccc(OCC)cc3)[C@@H]3CCC12O3. The summed E-state index contributed by atoms with van der Waals surface area (Å²) < 4.78 is 12.0. The van der Waals surface area contributed by atoms with Crippen LogP contribution in [0, 0.1) is 11.8 Å². The summed E-state index contributed by atoms with van der Waals surface area (Å²) in [5, 5.41) is 16.4. The molecule has 3 aliphatic heterocycles. The zero-order valence-corrected chi connectivity index (χ0v) is 23.2. The number of aliphatic hydroxyl groups is 1. The van der Waals surface area contributed by atoms with Crippen molar-refractivity contribution >= 4 is 23.4 Å². The van der Waals surface area contributed by atoms with Crippen LogP contribution < -0.4 is 15.4 Å². The van der Waals surface area contributed by atoms with Crippen molar-refractivity contribution in [1.82, 2.24) is 10.2 Å². The monoisotopic (exact) mass is 549 g/mol. The Morgan fingerprint density at radius 2 is 1.88 bits per heavy atom. The van der Waals surface area contributed by atoms with Crippen LogP contribution in [-0.2, 0) is 25.5 Å². The lowest BCUT2D eigenvalue weighted by atomic mass is 9.70. The molecule has 3 N–H and O–H groups in total. The van der Waals surface area contributed by atoms with Gasteiger partial charge in [-0.05, 0) is 62.4 Å². The predicted molar refractivity (Wildman–Crippen MR) is 150 cm³/mol. The number of hydrogen-bond donors (Lipinski definition) is 3. The van der Waals surface area contributed by atoms with Gasteiger partial charge < -0.3 is 30.1 Å². The lowest BCUT2D eigenvalue weighted by Crippen LogP contribution is -2.58. The van der Waals surface area contributed by atoms with E-state index in [1.807, 2.05) is 44.2 Å². The van der Waals surface area contributed by atoms with Gasteiger partial charge in [0, 0.05) is 12.2 Å². The molecule has 9 nitrogen and oxygen atoms in total. The van der Waals surface area contributed by atoms with Gasteiger partial charge in [0.15, 0.2) is 0 Å². The predicted octanol–water partition coefficient (Wildman–Crippen LogP) is 2.92. The Morgan fingerprint density at radius 3 is 2.55 bits per heavy atom. The van der Waals surface area contributed by atoms with Gasteiger partial charge in [0.2, 0.25) is 17.7 Å². The molecule has 3 heterocycles. The van der Waals surface area contributed by atoms with Gasteiger partial charge in [-0.25, -0.2) is 0 Å². The highest BCUT2D eigenvalue weighted by molar-refractivity contribution is 6.02. The van der Waals surface area contributed by atoms with Crippen LogP contribution >= 0.6 is 0 Å². The van der Waals surface area contributed by atoms with Crippen molar-refractivity contribution in [2.24, 2.45) is 11.8 Å². The van der Waals surface area contributed by atoms with Crippen LogP contribution in [0.15, 0.2) is 54.6 Å². The molecular weight excluding hydrogens is 510 g/mol. The molecule has 3 saturated heterocycles. The van der Waals surface area contributed by atoms with Crippen molar-refractivity contribution in [2.75, 3.05) is 25.1 Å². The molecule has 2 bridgehead atoms. The minimum atomic E-state index is -1.11. The first-order valence-corrected chi connectivity index (χ1v) is 14.4. The van der Waals surface area contributed by atoms with E-state index in [-0.39, 0.29) is 24.3 Å². The van der Waals surface area contributed by atoms with Crippen molar-refractivity contribution in [3.63, 3.8) is 0 Å². The molecule has 0 radical (unpaired) electrons. The third kappa shape index (κ3) is 5.08. The second-order valence-corrected chi connectivity index (χ2v) is 10.9. The minimum absolute atomic E-state index is 0.288. The molecule has 3 aliphatic rings. The number of hydrogen-bond acceptors (Lipinski definition) is 6. The summed E-state index contributed by atoms with van der Waals surface area (Å²) in [4.78, 5) is 43.2. The minimum Gasteiger partial charge on any atom is -0.494 e. The number of ether oxygens (including phenoxy) is 2. The topological polar surface area (TPSA) is 117 Å². The van der Waals surface area contributed by atoms with Crippen molar-refractivity contribution in [1.29, 1.82) is 0 Å². The normalized spacial score (nSPS) is 27.4. The van der Waals surface area contributed by atoms with E-state index in [0.717, 1.165) is 18.4 Å². The standard InChI is InChI=1S/C31H39N3O6/c1-3-5-17-32-29(37)27-31-16-15-24(40-31)25(28(36)33-21-11-13-23(14-12-21)39-4-2)26(31)30(38)34(27)22(19-35)18-20-9-7-6-8-10-20/h6-14,22,24-27,35H,3-5,15-19H2,1-2H3,(H,32,37)(H,33,36)/t22-,24+,25-,26+,27?,31?/m1/s1. The Kier molecular flexibility index (Phi) is 8.42. The highest BCUT2D eigenvalue weighted by Crippen LogP contribution is 2.59. The van der Waals surface area contributed by atoms with Crippen molar-refractivity contribution in [3.8, 4) is 5.75 Å². The Labute approximate surface area is 235 Å². The highest BCUT2D eigenvalue weighted by atomic mass is 16.5. The molecule has 40 heavy (non-hydrogen) atoms. The van der Waals surface area contributed by atoms with Gasteiger partial charge in [0.25, 0.3) is 0 Å². The summed E-state index contributed by atoms with van der Waals surface area (Å²) in [5.74, 6) is -1.73. The molecule has 0 aliphatic carbocycles. The Hall–Kier alpha value is -3.43. The fraction of sp³-hybridized carbons (Fsp3) is 0.516. The number of rotatable bonds is 12. The maximum absolute atomic E-state index is 14.2. The number of nitrogens with one attached hydrogen (secondary N) is 2. The summed E-state index contributed by atoms with van der Waals surface area (Å²) in [5.41, 5.74) is 0.436. The van der Waals surface area contributed by atoms with Gasteiger partial charge in [-0.15, -0.1) is 0 Å². The van der Waals surface area contributed by atoms with Gasteiger partial charge in [-0.3, -0.25) is 14.4 Å². The molecule has 2 unspecified atom stereocenters. The third-order valence-electron chi connectivity index (χ3n) is 8.47. The Morgan fingerprint density at radius 1 is 1.12 bits per heavy atom. The van der Waals surface area contributed by atoms with E-state index in [2.05, 4.69) is 10.6 Å². The molecule has 214 valence electrons. The summed E-state index contributed by atoms with van der Waals surface area (Å²) in [6.45, 7) is 4.67. The number of benzene rings is 2. The Balaban J connectivity index is 1.44. The van der Waals surface area contributed by atoms with Crippen molar-refractivity contribution in [2.45, 2.75) is 69.7 Å². The van der Waals surface area contributed by atoms with E-state index < -0.39 is 35.6 Å². The zero-order valence-electron chi connectivity index (χ0n) is 23.2. The lowest BCUT2D eigenvalue weighted by molar-refractivity contribution is -0.145.